The summed E-state index contributed by atoms with van der Waals surface area (Å²) in [6.45, 7) is 3.12. The fourth-order valence-corrected chi connectivity index (χ4v) is 3.75. The highest BCUT2D eigenvalue weighted by Gasteiger charge is 2.27. The third kappa shape index (κ3) is 17.4. The fourth-order valence-electron chi connectivity index (χ4n) is 3.06. The molecular weight excluding hydrogens is 433 g/mol. The van der Waals surface area contributed by atoms with Crippen molar-refractivity contribution in [1.29, 1.82) is 0 Å². The van der Waals surface area contributed by atoms with Crippen LogP contribution in [0.25, 0.3) is 0 Å². The van der Waals surface area contributed by atoms with Crippen molar-refractivity contribution in [1.82, 2.24) is 0 Å². The van der Waals surface area contributed by atoms with Crippen molar-refractivity contribution in [3.05, 3.63) is 30.6 Å². The molecule has 1 heterocycles. The number of ether oxygens (including phenoxy) is 2. The lowest BCUT2D eigenvalue weighted by molar-refractivity contribution is -0.697. The predicted octanol–water partition coefficient (Wildman–Crippen LogP) is 3.52. The molecule has 0 saturated heterocycles. The van der Waals surface area contributed by atoms with Crippen LogP contribution >= 0.6 is 8.17 Å². The van der Waals surface area contributed by atoms with E-state index in [0.717, 1.165) is 12.8 Å². The van der Waals surface area contributed by atoms with Crippen molar-refractivity contribution in [2.24, 2.45) is 0 Å². The third-order valence-electron chi connectivity index (χ3n) is 4.84. The van der Waals surface area contributed by atoms with Crippen LogP contribution in [0.2, 0.25) is 0 Å². The number of nitrogens with zero attached hydrogens (tertiary/aromatic N) is 1. The molecule has 0 saturated carbocycles. The summed E-state index contributed by atoms with van der Waals surface area (Å²) in [6, 6.07) is 5.61. The number of phosphoric acid groups is 1. The number of phosphoric ester groups is 1. The highest BCUT2D eigenvalue weighted by molar-refractivity contribution is 7.52. The first kappa shape index (κ1) is 28.9. The molecule has 0 spiro atoms. The summed E-state index contributed by atoms with van der Waals surface area (Å²) in [6.07, 6.45) is 15.0. The molecule has 0 aromatic carbocycles. The van der Waals surface area contributed by atoms with Crippen LogP contribution in [-0.2, 0) is 29.9 Å². The second-order valence-corrected chi connectivity index (χ2v) is 9.11. The predicted molar refractivity (Wildman–Crippen MR) is 121 cm³/mol. The van der Waals surface area contributed by atoms with Gasteiger partial charge in [-0.05, 0) is 6.42 Å². The van der Waals surface area contributed by atoms with Crippen LogP contribution in [0.4, 0.5) is 0 Å². The van der Waals surface area contributed by atoms with Gasteiger partial charge in [-0.15, -0.1) is 0 Å². The summed E-state index contributed by atoms with van der Waals surface area (Å²) in [7, 11) is -4.11. The topological polar surface area (TPSA) is 101 Å². The minimum absolute atomic E-state index is 0.0538. The van der Waals surface area contributed by atoms with Crippen LogP contribution < -0.4 is 9.46 Å². The molecule has 184 valence electrons. The van der Waals surface area contributed by atoms with Crippen molar-refractivity contribution < 1.29 is 37.7 Å². The molecule has 0 bridgehead atoms. The first-order valence-electron chi connectivity index (χ1n) is 11.8. The van der Waals surface area contributed by atoms with Gasteiger partial charge in [0.1, 0.15) is 13.2 Å². The Bertz CT molecular complexity index is 575. The van der Waals surface area contributed by atoms with Gasteiger partial charge in [0.25, 0.3) is 0 Å². The van der Waals surface area contributed by atoms with Crippen LogP contribution in [0.5, 0.6) is 0 Å². The second-order valence-electron chi connectivity index (χ2n) is 7.66. The minimum atomic E-state index is -4.11. The highest BCUT2D eigenvalue weighted by atomic mass is 31.2. The summed E-state index contributed by atoms with van der Waals surface area (Å²) in [5.74, 6) is -0.211. The van der Waals surface area contributed by atoms with Gasteiger partial charge in [0.2, 0.25) is 0 Å². The Balaban J connectivity index is 1.88. The summed E-state index contributed by atoms with van der Waals surface area (Å²) < 4.78 is 22.0. The third-order valence-corrected chi connectivity index (χ3v) is 5.86. The molecule has 1 rings (SSSR count). The zero-order valence-electron chi connectivity index (χ0n) is 19.5. The van der Waals surface area contributed by atoms with E-state index in [1.54, 1.807) is 0 Å². The first-order chi connectivity index (χ1) is 15.5. The number of unbranched alkanes of at least 4 members (excludes halogenated alkanes) is 8. The molecule has 0 aliphatic rings. The van der Waals surface area contributed by atoms with E-state index in [-0.39, 0.29) is 39.0 Å². The smallest absolute Gasteiger partial charge is 0.377 e. The summed E-state index contributed by atoms with van der Waals surface area (Å²) in [5, 5.41) is 0. The van der Waals surface area contributed by atoms with Gasteiger partial charge in [-0.2, -0.15) is 13.9 Å². The molecule has 0 aliphatic heterocycles. The molecule has 32 heavy (non-hydrogen) atoms. The maximum atomic E-state index is 11.8. The lowest BCUT2D eigenvalue weighted by atomic mass is 10.1. The number of carbonyl (C=O) groups is 1. The number of hydrogen-bond acceptors (Lipinski definition) is 7. The van der Waals surface area contributed by atoms with Gasteiger partial charge in [-0.3, -0.25) is 4.79 Å². The van der Waals surface area contributed by atoms with Crippen LogP contribution in [0.15, 0.2) is 30.6 Å². The van der Waals surface area contributed by atoms with E-state index >= 15 is 0 Å². The van der Waals surface area contributed by atoms with E-state index < -0.39 is 8.17 Å². The van der Waals surface area contributed by atoms with Gasteiger partial charge in [0.15, 0.2) is 25.5 Å². The maximum Gasteiger partial charge on any atom is 0.377 e. The quantitative estimate of drug-likeness (QED) is 0.126. The number of esters is 1. The Labute approximate surface area is 193 Å². The van der Waals surface area contributed by atoms with Crippen molar-refractivity contribution in [2.45, 2.75) is 77.7 Å². The summed E-state index contributed by atoms with van der Waals surface area (Å²) >= 11 is 0. The molecule has 1 aromatic rings. The number of hydrogen-bond donors (Lipinski definition) is 1. The molecule has 8 nitrogen and oxygen atoms in total. The van der Waals surface area contributed by atoms with E-state index in [1.807, 2.05) is 35.2 Å². The minimum Gasteiger partial charge on any atom is -0.606 e. The maximum absolute atomic E-state index is 11.8. The fraction of sp³-hybridized carbons (Fsp3) is 0.739. The van der Waals surface area contributed by atoms with Crippen LogP contribution in [0, 0.1) is 0 Å². The molecule has 9 heteroatoms. The molecule has 1 aromatic heterocycles. The average molecular weight is 475 g/mol. The first-order valence-corrected chi connectivity index (χ1v) is 13.3. The lowest BCUT2D eigenvalue weighted by Crippen LogP contribution is -2.35. The molecule has 1 unspecified atom stereocenters. The Morgan fingerprint density at radius 2 is 1.44 bits per heavy atom. The number of rotatable bonds is 21. The highest BCUT2D eigenvalue weighted by Crippen LogP contribution is 2.47. The average Bonchev–Trinajstić information content (AvgIpc) is 2.78. The molecule has 0 aliphatic carbocycles. The normalized spacial score (nSPS) is 13.1. The van der Waals surface area contributed by atoms with Crippen molar-refractivity contribution >= 4 is 14.1 Å². The molecule has 1 atom stereocenters. The summed E-state index contributed by atoms with van der Waals surface area (Å²) in [5.41, 5.74) is 0. The monoisotopic (exact) mass is 474 g/mol. The second kappa shape index (κ2) is 19.3. The number of carbonyl (C=O) groups excluding carboxylic acids is 1. The van der Waals surface area contributed by atoms with E-state index in [2.05, 4.69) is 6.92 Å². The molecule has 0 radical (unpaired) electrons. The summed E-state index contributed by atoms with van der Waals surface area (Å²) in [4.78, 5) is 33.1. The van der Waals surface area contributed by atoms with Gasteiger partial charge in [-0.25, -0.2) is 4.57 Å². The Kier molecular flexibility index (Phi) is 17.4. The Morgan fingerprint density at radius 3 is 2.12 bits per heavy atom. The SMILES string of the molecule is CCCCCCCCCCCC(=O)OCCOCCO[P+]([O-])(O)OCC[n+]1ccccc1. The van der Waals surface area contributed by atoms with Crippen molar-refractivity contribution in [2.75, 3.05) is 33.0 Å². The van der Waals surface area contributed by atoms with E-state index in [0.29, 0.717) is 13.0 Å². The zero-order chi connectivity index (χ0) is 23.3. The van der Waals surface area contributed by atoms with Gasteiger partial charge >= 0.3 is 14.1 Å². The lowest BCUT2D eigenvalue weighted by Gasteiger charge is -2.18. The van der Waals surface area contributed by atoms with Gasteiger partial charge in [0.05, 0.1) is 13.2 Å². The van der Waals surface area contributed by atoms with Crippen molar-refractivity contribution in [3.8, 4) is 0 Å². The van der Waals surface area contributed by atoms with Crippen molar-refractivity contribution in [3.63, 3.8) is 0 Å². The van der Waals surface area contributed by atoms with E-state index in [1.165, 1.54) is 44.9 Å². The molecule has 0 amide bonds. The molecular formula is C23H41NO7P+. The molecule has 0 fully saturated rings. The van der Waals surface area contributed by atoms with E-state index in [4.69, 9.17) is 18.5 Å². The Hall–Kier alpha value is -1.15. The van der Waals surface area contributed by atoms with Crippen LogP contribution in [0.1, 0.15) is 71.1 Å². The number of aromatic nitrogens is 1. The van der Waals surface area contributed by atoms with E-state index in [9.17, 15) is 14.6 Å². The number of pyridine rings is 1. The van der Waals surface area contributed by atoms with Gasteiger partial charge in [-0.1, -0.05) is 64.4 Å². The zero-order valence-corrected chi connectivity index (χ0v) is 20.4. The van der Waals surface area contributed by atoms with Crippen LogP contribution in [-0.4, -0.2) is 43.9 Å². The Morgan fingerprint density at radius 1 is 0.844 bits per heavy atom. The standard InChI is InChI=1S/C23H40NO7P/c1-2-3-4-5-6-7-8-9-11-14-23(25)29-21-19-28-20-22-31-32(26,27)30-18-17-24-15-12-10-13-16-24/h10,12-13,15-16H,2-9,11,14,17-22H2,1H3/p+1. The van der Waals surface area contributed by atoms with Gasteiger partial charge < -0.3 is 14.4 Å². The largest absolute Gasteiger partial charge is 0.606 e. The van der Waals surface area contributed by atoms with Gasteiger partial charge in [0, 0.05) is 18.6 Å². The molecule has 1 N–H and O–H groups in total. The van der Waals surface area contributed by atoms with Crippen LogP contribution in [0.3, 0.4) is 0 Å².